The Morgan fingerprint density at radius 1 is 1.10 bits per heavy atom. The van der Waals surface area contributed by atoms with Gasteiger partial charge in [0.2, 0.25) is 5.91 Å². The van der Waals surface area contributed by atoms with Crippen LogP contribution in [0.1, 0.15) is 11.1 Å². The SMILES string of the molecule is O=C(Cc1ccc2cc[nH]c2c1)NCc1cccc(O)c1. The molecule has 0 bridgehead atoms. The number of rotatable bonds is 4. The van der Waals surface area contributed by atoms with Gasteiger partial charge in [0.15, 0.2) is 0 Å². The summed E-state index contributed by atoms with van der Waals surface area (Å²) in [7, 11) is 0. The smallest absolute Gasteiger partial charge is 0.224 e. The molecule has 4 heteroatoms. The van der Waals surface area contributed by atoms with Gasteiger partial charge in [-0.1, -0.05) is 24.3 Å². The molecule has 3 N–H and O–H groups in total. The van der Waals surface area contributed by atoms with E-state index in [1.807, 2.05) is 36.5 Å². The fourth-order valence-electron chi connectivity index (χ4n) is 2.32. The molecule has 1 aromatic heterocycles. The van der Waals surface area contributed by atoms with E-state index in [0.717, 1.165) is 22.0 Å². The molecule has 3 rings (SSSR count). The molecule has 106 valence electrons. The molecule has 0 atom stereocenters. The Balaban J connectivity index is 1.60. The highest BCUT2D eigenvalue weighted by molar-refractivity contribution is 5.83. The molecule has 1 amide bonds. The van der Waals surface area contributed by atoms with Crippen molar-refractivity contribution in [2.45, 2.75) is 13.0 Å². The minimum atomic E-state index is -0.0377. The molecular weight excluding hydrogens is 264 g/mol. The summed E-state index contributed by atoms with van der Waals surface area (Å²) in [6.45, 7) is 0.415. The topological polar surface area (TPSA) is 65.1 Å². The molecule has 21 heavy (non-hydrogen) atoms. The van der Waals surface area contributed by atoms with E-state index in [4.69, 9.17) is 0 Å². The molecule has 0 saturated heterocycles. The number of aromatic nitrogens is 1. The maximum Gasteiger partial charge on any atom is 0.224 e. The number of carbonyl (C=O) groups is 1. The first-order valence-electron chi connectivity index (χ1n) is 6.81. The summed E-state index contributed by atoms with van der Waals surface area (Å²) < 4.78 is 0. The molecule has 0 aliphatic rings. The van der Waals surface area contributed by atoms with Crippen LogP contribution in [-0.4, -0.2) is 16.0 Å². The van der Waals surface area contributed by atoms with Gasteiger partial charge >= 0.3 is 0 Å². The van der Waals surface area contributed by atoms with E-state index in [9.17, 15) is 9.90 Å². The average Bonchev–Trinajstić information content (AvgIpc) is 2.93. The maximum atomic E-state index is 12.0. The highest BCUT2D eigenvalue weighted by Gasteiger charge is 2.05. The Kier molecular flexibility index (Phi) is 3.60. The Morgan fingerprint density at radius 2 is 2.00 bits per heavy atom. The van der Waals surface area contributed by atoms with Gasteiger partial charge in [-0.25, -0.2) is 0 Å². The number of phenols is 1. The lowest BCUT2D eigenvalue weighted by atomic mass is 10.1. The minimum absolute atomic E-state index is 0.0377. The number of aromatic hydroxyl groups is 1. The summed E-state index contributed by atoms with van der Waals surface area (Å²) in [5.41, 5.74) is 2.88. The second kappa shape index (κ2) is 5.71. The summed E-state index contributed by atoms with van der Waals surface area (Å²) in [6.07, 6.45) is 2.23. The Morgan fingerprint density at radius 3 is 2.86 bits per heavy atom. The van der Waals surface area contributed by atoms with Crippen LogP contribution in [0.15, 0.2) is 54.7 Å². The van der Waals surface area contributed by atoms with Gasteiger partial charge in [0, 0.05) is 18.3 Å². The molecule has 0 radical (unpaired) electrons. The largest absolute Gasteiger partial charge is 0.508 e. The third-order valence-electron chi connectivity index (χ3n) is 3.38. The number of aromatic amines is 1. The fourth-order valence-corrected chi connectivity index (χ4v) is 2.32. The predicted octanol–water partition coefficient (Wildman–Crippen LogP) is 2.73. The van der Waals surface area contributed by atoms with Crippen molar-refractivity contribution in [1.82, 2.24) is 10.3 Å². The number of amides is 1. The van der Waals surface area contributed by atoms with Gasteiger partial charge in [0.25, 0.3) is 0 Å². The van der Waals surface area contributed by atoms with Gasteiger partial charge in [-0.3, -0.25) is 4.79 Å². The third kappa shape index (κ3) is 3.23. The van der Waals surface area contributed by atoms with Gasteiger partial charge in [-0.15, -0.1) is 0 Å². The maximum absolute atomic E-state index is 12.0. The summed E-state index contributed by atoms with van der Waals surface area (Å²) in [5.74, 6) is 0.170. The van der Waals surface area contributed by atoms with Crippen molar-refractivity contribution in [2.24, 2.45) is 0 Å². The van der Waals surface area contributed by atoms with Crippen LogP contribution >= 0.6 is 0 Å². The second-order valence-corrected chi connectivity index (χ2v) is 5.02. The van der Waals surface area contributed by atoms with Crippen molar-refractivity contribution in [1.29, 1.82) is 0 Å². The van der Waals surface area contributed by atoms with E-state index in [0.29, 0.717) is 13.0 Å². The van der Waals surface area contributed by atoms with Crippen molar-refractivity contribution in [3.05, 3.63) is 65.9 Å². The first kappa shape index (κ1) is 13.2. The number of phenolic OH excluding ortho intramolecular Hbond substituents is 1. The monoisotopic (exact) mass is 280 g/mol. The van der Waals surface area contributed by atoms with Crippen molar-refractivity contribution in [2.75, 3.05) is 0 Å². The van der Waals surface area contributed by atoms with Crippen LogP contribution in [-0.2, 0) is 17.8 Å². The highest BCUT2D eigenvalue weighted by Crippen LogP contribution is 2.15. The van der Waals surface area contributed by atoms with Crippen molar-refractivity contribution < 1.29 is 9.90 Å². The van der Waals surface area contributed by atoms with E-state index in [1.54, 1.807) is 18.2 Å². The molecule has 0 unspecified atom stereocenters. The number of carbonyl (C=O) groups excluding carboxylic acids is 1. The van der Waals surface area contributed by atoms with Crippen molar-refractivity contribution >= 4 is 16.8 Å². The molecule has 0 saturated carbocycles. The van der Waals surface area contributed by atoms with Crippen LogP contribution in [0.4, 0.5) is 0 Å². The molecule has 4 nitrogen and oxygen atoms in total. The lowest BCUT2D eigenvalue weighted by molar-refractivity contribution is -0.120. The molecule has 0 aliphatic heterocycles. The lowest BCUT2D eigenvalue weighted by Gasteiger charge is -2.06. The number of hydrogen-bond acceptors (Lipinski definition) is 2. The first-order valence-corrected chi connectivity index (χ1v) is 6.81. The molecule has 3 aromatic rings. The van der Waals surface area contributed by atoms with Crippen molar-refractivity contribution in [3.63, 3.8) is 0 Å². The van der Waals surface area contributed by atoms with Crippen LogP contribution < -0.4 is 5.32 Å². The zero-order valence-corrected chi connectivity index (χ0v) is 11.5. The first-order chi connectivity index (χ1) is 10.2. The molecule has 2 aromatic carbocycles. The van der Waals surface area contributed by atoms with E-state index >= 15 is 0 Å². The summed E-state index contributed by atoms with van der Waals surface area (Å²) in [5, 5.41) is 13.4. The minimum Gasteiger partial charge on any atom is -0.508 e. The highest BCUT2D eigenvalue weighted by atomic mass is 16.3. The standard InChI is InChI=1S/C17H16N2O2/c20-15-3-1-2-13(8-15)11-19-17(21)10-12-4-5-14-6-7-18-16(14)9-12/h1-9,18,20H,10-11H2,(H,19,21). The van der Waals surface area contributed by atoms with Gasteiger partial charge in [0.05, 0.1) is 6.42 Å². The Labute approximate surface area is 122 Å². The van der Waals surface area contributed by atoms with Crippen LogP contribution in [0, 0.1) is 0 Å². The average molecular weight is 280 g/mol. The molecule has 0 fully saturated rings. The van der Waals surface area contributed by atoms with Gasteiger partial charge in [-0.05, 0) is 40.8 Å². The summed E-state index contributed by atoms with van der Waals surface area (Å²) >= 11 is 0. The Bertz CT molecular complexity index is 777. The molecule has 0 aliphatic carbocycles. The number of fused-ring (bicyclic) bond motifs is 1. The zero-order valence-electron chi connectivity index (χ0n) is 11.5. The van der Waals surface area contributed by atoms with E-state index < -0.39 is 0 Å². The van der Waals surface area contributed by atoms with E-state index in [-0.39, 0.29) is 11.7 Å². The van der Waals surface area contributed by atoms with Crippen LogP contribution in [0.3, 0.4) is 0 Å². The normalized spacial score (nSPS) is 10.7. The van der Waals surface area contributed by atoms with Crippen molar-refractivity contribution in [3.8, 4) is 5.75 Å². The number of benzene rings is 2. The summed E-state index contributed by atoms with van der Waals surface area (Å²) in [4.78, 5) is 15.1. The lowest BCUT2D eigenvalue weighted by Crippen LogP contribution is -2.24. The Hall–Kier alpha value is -2.75. The fraction of sp³-hybridized carbons (Fsp3) is 0.118. The molecule has 1 heterocycles. The summed E-state index contributed by atoms with van der Waals surface area (Å²) in [6, 6.07) is 14.8. The number of nitrogens with one attached hydrogen (secondary N) is 2. The third-order valence-corrected chi connectivity index (χ3v) is 3.38. The van der Waals surface area contributed by atoms with Crippen LogP contribution in [0.2, 0.25) is 0 Å². The van der Waals surface area contributed by atoms with E-state index in [2.05, 4.69) is 10.3 Å². The molecule has 0 spiro atoms. The van der Waals surface area contributed by atoms with E-state index in [1.165, 1.54) is 0 Å². The van der Waals surface area contributed by atoms with Crippen LogP contribution in [0.25, 0.3) is 10.9 Å². The second-order valence-electron chi connectivity index (χ2n) is 5.02. The number of hydrogen-bond donors (Lipinski definition) is 3. The van der Waals surface area contributed by atoms with Crippen LogP contribution in [0.5, 0.6) is 5.75 Å². The predicted molar refractivity (Wildman–Crippen MR) is 82.0 cm³/mol. The molecular formula is C17H16N2O2. The van der Waals surface area contributed by atoms with Gasteiger partial charge in [0.1, 0.15) is 5.75 Å². The quantitative estimate of drug-likeness (QED) is 0.688. The van der Waals surface area contributed by atoms with Gasteiger partial charge < -0.3 is 15.4 Å². The van der Waals surface area contributed by atoms with Gasteiger partial charge in [-0.2, -0.15) is 0 Å². The zero-order chi connectivity index (χ0) is 14.7. The number of H-pyrrole nitrogens is 1.